The minimum Gasteiger partial charge on any atom is -0.360 e. The maximum atomic E-state index is 13.2. The van der Waals surface area contributed by atoms with E-state index in [0.29, 0.717) is 16.1 Å². The van der Waals surface area contributed by atoms with Crippen LogP contribution in [0.25, 0.3) is 5.70 Å². The van der Waals surface area contributed by atoms with E-state index in [1.54, 1.807) is 17.8 Å². The number of hydrogen-bond acceptors (Lipinski definition) is 4. The normalized spacial score (nSPS) is 24.9. The molecule has 2 aliphatic heterocycles. The molecule has 2 aliphatic rings. The van der Waals surface area contributed by atoms with Gasteiger partial charge < -0.3 is 5.32 Å². The van der Waals surface area contributed by atoms with Crippen LogP contribution in [-0.2, 0) is 6.18 Å². The van der Waals surface area contributed by atoms with E-state index in [2.05, 4.69) is 38.4 Å². The Bertz CT molecular complexity index is 678. The Kier molecular flexibility index (Phi) is 5.72. The Hall–Kier alpha value is -0.700. The van der Waals surface area contributed by atoms with Gasteiger partial charge in [-0.3, -0.25) is 10.2 Å². The Morgan fingerprint density at radius 1 is 1.36 bits per heavy atom. The largest absolute Gasteiger partial charge is 0.416 e. The van der Waals surface area contributed by atoms with Crippen LogP contribution in [0.2, 0.25) is 0 Å². The van der Waals surface area contributed by atoms with E-state index in [1.165, 1.54) is 18.9 Å². The molecular formula is C17H21BrF3N3S. The van der Waals surface area contributed by atoms with Crippen LogP contribution in [0.1, 0.15) is 30.9 Å². The summed E-state index contributed by atoms with van der Waals surface area (Å²) in [4.78, 5) is 3.48. The first-order valence-corrected chi connectivity index (χ1v) is 9.91. The lowest BCUT2D eigenvalue weighted by Gasteiger charge is -2.22. The summed E-state index contributed by atoms with van der Waals surface area (Å²) >= 11 is 4.86. The van der Waals surface area contributed by atoms with Gasteiger partial charge >= 0.3 is 6.18 Å². The van der Waals surface area contributed by atoms with Gasteiger partial charge in [0.15, 0.2) is 0 Å². The molecule has 0 radical (unpaired) electrons. The molecule has 138 valence electrons. The van der Waals surface area contributed by atoms with E-state index in [9.17, 15) is 13.2 Å². The second-order valence-corrected chi connectivity index (χ2v) is 8.53. The van der Waals surface area contributed by atoms with E-state index in [1.807, 2.05) is 7.05 Å². The van der Waals surface area contributed by atoms with Gasteiger partial charge in [0.25, 0.3) is 0 Å². The molecule has 1 saturated heterocycles. The van der Waals surface area contributed by atoms with Crippen LogP contribution in [-0.4, -0.2) is 36.6 Å². The summed E-state index contributed by atoms with van der Waals surface area (Å²) in [7, 11) is 1.84. The predicted octanol–water partition coefficient (Wildman–Crippen LogP) is 4.46. The molecule has 2 unspecified atom stereocenters. The maximum Gasteiger partial charge on any atom is 0.416 e. The number of likely N-dealkylation sites (tertiary alicyclic amines) is 1. The van der Waals surface area contributed by atoms with Crippen molar-refractivity contribution in [2.75, 3.05) is 20.1 Å². The number of halogens is 4. The van der Waals surface area contributed by atoms with Gasteiger partial charge in [0.2, 0.25) is 0 Å². The molecular weight excluding hydrogens is 415 g/mol. The van der Waals surface area contributed by atoms with Crippen LogP contribution in [0, 0.1) is 0 Å². The predicted molar refractivity (Wildman–Crippen MR) is 99.9 cm³/mol. The van der Waals surface area contributed by atoms with Gasteiger partial charge in [-0.25, -0.2) is 0 Å². The molecule has 3 nitrogen and oxygen atoms in total. The van der Waals surface area contributed by atoms with Crippen LogP contribution in [0.3, 0.4) is 0 Å². The van der Waals surface area contributed by atoms with Gasteiger partial charge in [-0.05, 0) is 51.6 Å². The molecule has 2 heterocycles. The molecule has 25 heavy (non-hydrogen) atoms. The van der Waals surface area contributed by atoms with E-state index in [0.717, 1.165) is 29.8 Å². The Labute approximate surface area is 158 Å². The number of nitrogens with one attached hydrogen (secondary N) is 2. The van der Waals surface area contributed by atoms with E-state index >= 15 is 0 Å². The summed E-state index contributed by atoms with van der Waals surface area (Å²) in [6, 6.07) is 4.59. The van der Waals surface area contributed by atoms with Gasteiger partial charge in [0.05, 0.1) is 11.3 Å². The number of hydrogen-bond donors (Lipinski definition) is 2. The van der Waals surface area contributed by atoms with E-state index < -0.39 is 11.7 Å². The fourth-order valence-corrected chi connectivity index (χ4v) is 4.85. The molecule has 0 amide bonds. The number of benzene rings is 1. The van der Waals surface area contributed by atoms with Crippen LogP contribution >= 0.6 is 27.7 Å². The van der Waals surface area contributed by atoms with Gasteiger partial charge in [0.1, 0.15) is 5.50 Å². The minimum absolute atomic E-state index is 0.0313. The summed E-state index contributed by atoms with van der Waals surface area (Å²) in [6.07, 6.45) is -2.02. The van der Waals surface area contributed by atoms with E-state index in [-0.39, 0.29) is 5.50 Å². The fourth-order valence-electron chi connectivity index (χ4n) is 3.24. The zero-order valence-corrected chi connectivity index (χ0v) is 16.5. The molecule has 1 fully saturated rings. The first-order valence-electron chi connectivity index (χ1n) is 8.23. The maximum absolute atomic E-state index is 13.2. The lowest BCUT2D eigenvalue weighted by atomic mass is 10.1. The molecule has 0 spiro atoms. The molecule has 0 saturated carbocycles. The first kappa shape index (κ1) is 19.1. The smallest absolute Gasteiger partial charge is 0.360 e. The third-order valence-corrected chi connectivity index (χ3v) is 6.29. The minimum atomic E-state index is -4.36. The number of rotatable bonds is 4. The van der Waals surface area contributed by atoms with Crippen molar-refractivity contribution in [1.82, 2.24) is 15.5 Å². The first-order chi connectivity index (χ1) is 11.8. The summed E-state index contributed by atoms with van der Waals surface area (Å²) < 4.78 is 39.9. The van der Waals surface area contributed by atoms with Crippen molar-refractivity contribution in [2.24, 2.45) is 0 Å². The fraction of sp³-hybridized carbons (Fsp3) is 0.529. The lowest BCUT2D eigenvalue weighted by molar-refractivity contribution is -0.137. The van der Waals surface area contributed by atoms with Crippen molar-refractivity contribution in [3.8, 4) is 0 Å². The highest BCUT2D eigenvalue weighted by Gasteiger charge is 2.33. The van der Waals surface area contributed by atoms with Crippen LogP contribution in [0.5, 0.6) is 0 Å². The summed E-state index contributed by atoms with van der Waals surface area (Å²) in [5.41, 5.74) is 0.679. The molecule has 3 rings (SSSR count). The molecule has 8 heteroatoms. The van der Waals surface area contributed by atoms with Crippen molar-refractivity contribution in [3.05, 3.63) is 38.7 Å². The zero-order valence-electron chi connectivity index (χ0n) is 14.1. The standard InChI is InChI=1S/C17H21BrF3N3S/c1-10-4-3-5-24(10)9-14-15(23-16(22-2)25-14)11-6-12(17(19,20)21)8-13(18)7-11/h6-8,10,16,22-23H,3-5,9H2,1-2H3. The van der Waals surface area contributed by atoms with Crippen LogP contribution < -0.4 is 10.6 Å². The van der Waals surface area contributed by atoms with Crippen LogP contribution in [0.4, 0.5) is 13.2 Å². The highest BCUT2D eigenvalue weighted by atomic mass is 79.9. The lowest BCUT2D eigenvalue weighted by Crippen LogP contribution is -2.32. The molecule has 2 atom stereocenters. The van der Waals surface area contributed by atoms with E-state index in [4.69, 9.17) is 0 Å². The molecule has 1 aromatic carbocycles. The Morgan fingerprint density at radius 3 is 2.72 bits per heavy atom. The average molecular weight is 436 g/mol. The highest BCUT2D eigenvalue weighted by Crippen LogP contribution is 2.39. The zero-order chi connectivity index (χ0) is 18.2. The second kappa shape index (κ2) is 7.50. The van der Waals surface area contributed by atoms with Gasteiger partial charge in [-0.2, -0.15) is 13.2 Å². The summed E-state index contributed by atoms with van der Waals surface area (Å²) in [5.74, 6) is 0. The molecule has 1 aromatic rings. The quantitative estimate of drug-likeness (QED) is 0.729. The third-order valence-electron chi connectivity index (χ3n) is 4.63. The van der Waals surface area contributed by atoms with Crippen molar-refractivity contribution in [1.29, 1.82) is 0 Å². The molecule has 2 N–H and O–H groups in total. The van der Waals surface area contributed by atoms with Crippen LogP contribution in [0.15, 0.2) is 27.6 Å². The second-order valence-electron chi connectivity index (χ2n) is 6.42. The Morgan fingerprint density at radius 2 is 2.12 bits per heavy atom. The highest BCUT2D eigenvalue weighted by molar-refractivity contribution is 9.10. The average Bonchev–Trinajstić information content (AvgIpc) is 3.13. The van der Waals surface area contributed by atoms with Gasteiger partial charge in [-0.1, -0.05) is 27.7 Å². The number of thioether (sulfide) groups is 1. The summed E-state index contributed by atoms with van der Waals surface area (Å²) in [6.45, 7) is 4.01. The van der Waals surface area contributed by atoms with Gasteiger partial charge in [-0.15, -0.1) is 0 Å². The SMILES string of the molecule is CNC1NC(c2cc(Br)cc(C(F)(F)F)c2)=C(CN2CCCC2C)S1. The Balaban J connectivity index is 1.96. The van der Waals surface area contributed by atoms with Gasteiger partial charge in [0, 0.05) is 27.5 Å². The van der Waals surface area contributed by atoms with Crippen molar-refractivity contribution >= 4 is 33.4 Å². The molecule has 0 aromatic heterocycles. The van der Waals surface area contributed by atoms with Crippen molar-refractivity contribution in [2.45, 2.75) is 37.5 Å². The molecule has 0 bridgehead atoms. The number of alkyl halides is 3. The monoisotopic (exact) mass is 435 g/mol. The topological polar surface area (TPSA) is 27.3 Å². The molecule has 0 aliphatic carbocycles. The third kappa shape index (κ3) is 4.35. The number of nitrogens with zero attached hydrogens (tertiary/aromatic N) is 1. The summed E-state index contributed by atoms with van der Waals surface area (Å²) in [5, 5.41) is 6.47. The van der Waals surface area contributed by atoms with Crippen molar-refractivity contribution in [3.63, 3.8) is 0 Å². The van der Waals surface area contributed by atoms with Crippen molar-refractivity contribution < 1.29 is 13.2 Å².